The molecule has 0 amide bonds. The molecule has 0 aromatic heterocycles. The number of aliphatic carboxylic acids is 1. The van der Waals surface area contributed by atoms with Gasteiger partial charge >= 0.3 is 5.97 Å². The fourth-order valence-electron chi connectivity index (χ4n) is 4.38. The summed E-state index contributed by atoms with van der Waals surface area (Å²) in [7, 11) is 0. The Morgan fingerprint density at radius 3 is 2.15 bits per heavy atom. The van der Waals surface area contributed by atoms with Crippen molar-refractivity contribution in [3.05, 3.63) is 34.9 Å². The van der Waals surface area contributed by atoms with Crippen LogP contribution in [0.1, 0.15) is 115 Å². The average molecular weight is 359 g/mol. The van der Waals surface area contributed by atoms with Gasteiger partial charge in [-0.1, -0.05) is 91.3 Å². The van der Waals surface area contributed by atoms with E-state index in [4.69, 9.17) is 0 Å². The van der Waals surface area contributed by atoms with Crippen molar-refractivity contribution in [3.8, 4) is 0 Å². The lowest BCUT2D eigenvalue weighted by Gasteiger charge is -2.42. The Hall–Kier alpha value is -1.31. The van der Waals surface area contributed by atoms with E-state index >= 15 is 0 Å². The number of rotatable bonds is 9. The van der Waals surface area contributed by atoms with Crippen LogP contribution in [0.3, 0.4) is 0 Å². The van der Waals surface area contributed by atoms with Crippen molar-refractivity contribution in [2.45, 2.75) is 109 Å². The van der Waals surface area contributed by atoms with Gasteiger partial charge < -0.3 is 5.11 Å². The van der Waals surface area contributed by atoms with Crippen molar-refractivity contribution in [2.24, 2.45) is 0 Å². The third kappa shape index (κ3) is 4.90. The summed E-state index contributed by atoms with van der Waals surface area (Å²) in [4.78, 5) is 11.9. The molecule has 26 heavy (non-hydrogen) atoms. The highest BCUT2D eigenvalue weighted by Gasteiger charge is 2.37. The second kappa shape index (κ2) is 8.59. The van der Waals surface area contributed by atoms with E-state index in [-0.39, 0.29) is 16.7 Å². The number of benzene rings is 1. The number of carboxylic acids is 1. The molecule has 1 atom stereocenters. The summed E-state index contributed by atoms with van der Waals surface area (Å²) in [6, 6.07) is 6.51. The first-order valence-electron chi connectivity index (χ1n) is 10.6. The van der Waals surface area contributed by atoms with Crippen molar-refractivity contribution in [3.63, 3.8) is 0 Å². The topological polar surface area (TPSA) is 37.3 Å². The molecule has 2 heteroatoms. The highest BCUT2D eigenvalue weighted by atomic mass is 16.4. The standard InChI is InChI=1S/C24H38O2/c1-6-7-8-9-10-11-12-19(22(25)26)18-13-14-20-21(17-18)24(4,5)16-15-23(20,2)3/h13-14,17,19H,6-12,15-16H2,1-5H3,(H,25,26). The Balaban J connectivity index is 2.16. The van der Waals surface area contributed by atoms with E-state index < -0.39 is 5.97 Å². The van der Waals surface area contributed by atoms with Gasteiger partial charge in [-0.05, 0) is 46.8 Å². The molecule has 2 rings (SSSR count). The molecule has 1 unspecified atom stereocenters. The number of fused-ring (bicyclic) bond motifs is 1. The molecule has 0 heterocycles. The smallest absolute Gasteiger partial charge is 0.310 e. The molecule has 1 N–H and O–H groups in total. The molecular weight excluding hydrogens is 320 g/mol. The molecule has 1 aliphatic rings. The summed E-state index contributed by atoms with van der Waals surface area (Å²) in [6.45, 7) is 11.4. The molecule has 0 bridgehead atoms. The van der Waals surface area contributed by atoms with Gasteiger partial charge in [-0.25, -0.2) is 0 Å². The maximum Gasteiger partial charge on any atom is 0.310 e. The number of hydrogen-bond acceptors (Lipinski definition) is 1. The molecule has 0 radical (unpaired) electrons. The van der Waals surface area contributed by atoms with Crippen LogP contribution in [0.15, 0.2) is 18.2 Å². The zero-order chi connectivity index (χ0) is 19.4. The fraction of sp³-hybridized carbons (Fsp3) is 0.708. The van der Waals surface area contributed by atoms with Gasteiger partial charge in [0.2, 0.25) is 0 Å². The predicted octanol–water partition coefficient (Wildman–Crippen LogP) is 6.95. The van der Waals surface area contributed by atoms with E-state index in [0.717, 1.165) is 31.2 Å². The summed E-state index contributed by atoms with van der Waals surface area (Å²) in [5, 5.41) is 9.80. The van der Waals surface area contributed by atoms with E-state index in [0.29, 0.717) is 0 Å². The second-order valence-corrected chi connectivity index (χ2v) is 9.52. The van der Waals surface area contributed by atoms with Crippen LogP contribution < -0.4 is 0 Å². The summed E-state index contributed by atoms with van der Waals surface area (Å²) in [5.74, 6) is -1.04. The Morgan fingerprint density at radius 2 is 1.54 bits per heavy atom. The molecule has 2 nitrogen and oxygen atoms in total. The minimum absolute atomic E-state index is 0.129. The van der Waals surface area contributed by atoms with Crippen LogP contribution in [-0.4, -0.2) is 11.1 Å². The molecular formula is C24H38O2. The highest BCUT2D eigenvalue weighted by Crippen LogP contribution is 2.46. The molecule has 1 aromatic carbocycles. The zero-order valence-corrected chi connectivity index (χ0v) is 17.5. The SMILES string of the molecule is CCCCCCCCC(C(=O)O)c1ccc2c(c1)C(C)(C)CCC2(C)C. The van der Waals surface area contributed by atoms with Crippen LogP contribution in [0.4, 0.5) is 0 Å². The summed E-state index contributed by atoms with van der Waals surface area (Å²) >= 11 is 0. The van der Waals surface area contributed by atoms with Gasteiger partial charge in [-0.2, -0.15) is 0 Å². The quantitative estimate of drug-likeness (QED) is 0.485. The van der Waals surface area contributed by atoms with Gasteiger partial charge in [0.1, 0.15) is 0 Å². The van der Waals surface area contributed by atoms with Crippen LogP contribution in [-0.2, 0) is 15.6 Å². The lowest BCUT2D eigenvalue weighted by molar-refractivity contribution is -0.139. The predicted molar refractivity (Wildman–Crippen MR) is 110 cm³/mol. The highest BCUT2D eigenvalue weighted by molar-refractivity contribution is 5.76. The molecule has 0 saturated heterocycles. The minimum Gasteiger partial charge on any atom is -0.481 e. The third-order valence-electron chi connectivity index (χ3n) is 6.42. The lowest BCUT2D eigenvalue weighted by Crippen LogP contribution is -2.34. The molecule has 0 spiro atoms. The second-order valence-electron chi connectivity index (χ2n) is 9.52. The van der Waals surface area contributed by atoms with Crippen molar-refractivity contribution in [1.29, 1.82) is 0 Å². The third-order valence-corrected chi connectivity index (χ3v) is 6.42. The van der Waals surface area contributed by atoms with Gasteiger partial charge in [0.25, 0.3) is 0 Å². The summed E-state index contributed by atoms with van der Waals surface area (Å²) < 4.78 is 0. The average Bonchev–Trinajstić information content (AvgIpc) is 2.58. The Bertz CT molecular complexity index is 613. The first-order chi connectivity index (χ1) is 12.2. The van der Waals surface area contributed by atoms with Gasteiger partial charge in [0.15, 0.2) is 0 Å². The van der Waals surface area contributed by atoms with Crippen LogP contribution in [0.25, 0.3) is 0 Å². The van der Waals surface area contributed by atoms with Crippen molar-refractivity contribution >= 4 is 5.97 Å². The van der Waals surface area contributed by atoms with E-state index in [9.17, 15) is 9.90 Å². The lowest BCUT2D eigenvalue weighted by atomic mass is 9.62. The normalized spacial score (nSPS) is 19.0. The Kier molecular flexibility index (Phi) is 6.93. The first kappa shape index (κ1) is 21.0. The van der Waals surface area contributed by atoms with E-state index in [1.807, 2.05) is 0 Å². The van der Waals surface area contributed by atoms with Crippen molar-refractivity contribution < 1.29 is 9.90 Å². The van der Waals surface area contributed by atoms with E-state index in [1.165, 1.54) is 43.2 Å². The molecule has 146 valence electrons. The first-order valence-corrected chi connectivity index (χ1v) is 10.6. The Labute approximate surface area is 160 Å². The number of carbonyl (C=O) groups is 1. The van der Waals surface area contributed by atoms with Gasteiger partial charge in [-0.15, -0.1) is 0 Å². The molecule has 0 aliphatic heterocycles. The van der Waals surface area contributed by atoms with Crippen molar-refractivity contribution in [1.82, 2.24) is 0 Å². The number of hydrogen-bond donors (Lipinski definition) is 1. The van der Waals surface area contributed by atoms with Crippen LogP contribution >= 0.6 is 0 Å². The molecule has 1 aromatic rings. The van der Waals surface area contributed by atoms with Gasteiger partial charge in [0, 0.05) is 0 Å². The maximum absolute atomic E-state index is 11.9. The monoisotopic (exact) mass is 358 g/mol. The van der Waals surface area contributed by atoms with Crippen molar-refractivity contribution in [2.75, 3.05) is 0 Å². The van der Waals surface area contributed by atoms with Crippen LogP contribution in [0, 0.1) is 0 Å². The number of unbranched alkanes of at least 4 members (excludes halogenated alkanes) is 5. The van der Waals surface area contributed by atoms with Crippen LogP contribution in [0.5, 0.6) is 0 Å². The zero-order valence-electron chi connectivity index (χ0n) is 17.5. The van der Waals surface area contributed by atoms with E-state index in [2.05, 4.69) is 52.8 Å². The largest absolute Gasteiger partial charge is 0.481 e. The molecule has 0 fully saturated rings. The minimum atomic E-state index is -0.675. The van der Waals surface area contributed by atoms with Gasteiger partial charge in [0.05, 0.1) is 5.92 Å². The summed E-state index contributed by atoms with van der Waals surface area (Å²) in [5.41, 5.74) is 4.07. The van der Waals surface area contributed by atoms with Gasteiger partial charge in [-0.3, -0.25) is 4.79 Å². The molecule has 0 saturated carbocycles. The summed E-state index contributed by atoms with van der Waals surface area (Å²) in [6.07, 6.45) is 10.3. The fourth-order valence-corrected chi connectivity index (χ4v) is 4.38. The van der Waals surface area contributed by atoms with E-state index in [1.54, 1.807) is 0 Å². The number of carboxylic acid groups (broad SMARTS) is 1. The molecule has 1 aliphatic carbocycles. The van der Waals surface area contributed by atoms with Crippen LogP contribution in [0.2, 0.25) is 0 Å². The Morgan fingerprint density at radius 1 is 0.962 bits per heavy atom. The maximum atomic E-state index is 11.9.